The van der Waals surface area contributed by atoms with Gasteiger partial charge < -0.3 is 11.5 Å². The minimum atomic E-state index is 0.328. The summed E-state index contributed by atoms with van der Waals surface area (Å²) in [6.45, 7) is 0. The summed E-state index contributed by atoms with van der Waals surface area (Å²) in [5.41, 5.74) is 12.7. The SMILES string of the molecule is Nc1cc(C2CCCCS2)nnc1N. The van der Waals surface area contributed by atoms with Gasteiger partial charge in [-0.3, -0.25) is 0 Å². The van der Waals surface area contributed by atoms with Crippen LogP contribution in [-0.2, 0) is 0 Å². The van der Waals surface area contributed by atoms with Crippen LogP contribution < -0.4 is 11.5 Å². The number of aromatic nitrogens is 2. The average molecular weight is 210 g/mol. The summed E-state index contributed by atoms with van der Waals surface area (Å²) < 4.78 is 0. The normalized spacial score (nSPS) is 22.1. The number of nitrogens with two attached hydrogens (primary N) is 2. The molecule has 76 valence electrons. The van der Waals surface area contributed by atoms with E-state index in [4.69, 9.17) is 11.5 Å². The summed E-state index contributed by atoms with van der Waals surface area (Å²) in [5.74, 6) is 1.53. The van der Waals surface area contributed by atoms with Crippen molar-refractivity contribution >= 4 is 23.3 Å². The first-order valence-electron chi connectivity index (χ1n) is 4.77. The van der Waals surface area contributed by atoms with Crippen LogP contribution in [0, 0.1) is 0 Å². The van der Waals surface area contributed by atoms with E-state index in [0.29, 0.717) is 16.8 Å². The second-order valence-electron chi connectivity index (χ2n) is 3.47. The van der Waals surface area contributed by atoms with Crippen molar-refractivity contribution < 1.29 is 0 Å². The maximum absolute atomic E-state index is 5.69. The van der Waals surface area contributed by atoms with Gasteiger partial charge in [-0.1, -0.05) is 6.42 Å². The summed E-state index contributed by atoms with van der Waals surface area (Å²) in [5, 5.41) is 8.39. The molecule has 5 heteroatoms. The number of nitrogen functional groups attached to an aromatic ring is 2. The lowest BCUT2D eigenvalue weighted by Crippen LogP contribution is -2.08. The third-order valence-corrected chi connectivity index (χ3v) is 3.79. The molecule has 0 aromatic carbocycles. The largest absolute Gasteiger partial charge is 0.396 e. The van der Waals surface area contributed by atoms with Crippen LogP contribution in [0.25, 0.3) is 0 Å². The fourth-order valence-electron chi connectivity index (χ4n) is 1.56. The molecular formula is C9H14N4S. The van der Waals surface area contributed by atoms with Crippen molar-refractivity contribution in [1.29, 1.82) is 0 Å². The minimum Gasteiger partial charge on any atom is -0.396 e. The molecule has 0 aliphatic carbocycles. The van der Waals surface area contributed by atoms with Gasteiger partial charge in [0.05, 0.1) is 11.4 Å². The fraction of sp³-hybridized carbons (Fsp3) is 0.556. The van der Waals surface area contributed by atoms with E-state index in [1.807, 2.05) is 17.8 Å². The molecule has 1 unspecified atom stereocenters. The van der Waals surface area contributed by atoms with Gasteiger partial charge in [-0.25, -0.2) is 0 Å². The maximum Gasteiger partial charge on any atom is 0.169 e. The second kappa shape index (κ2) is 4.04. The van der Waals surface area contributed by atoms with Gasteiger partial charge in [0.2, 0.25) is 0 Å². The van der Waals surface area contributed by atoms with Crippen LogP contribution in [0.15, 0.2) is 6.07 Å². The van der Waals surface area contributed by atoms with Crippen LogP contribution in [0.5, 0.6) is 0 Å². The monoisotopic (exact) mass is 210 g/mol. The van der Waals surface area contributed by atoms with Gasteiger partial charge in [0, 0.05) is 5.25 Å². The fourth-order valence-corrected chi connectivity index (χ4v) is 2.84. The van der Waals surface area contributed by atoms with Crippen molar-refractivity contribution in [3.63, 3.8) is 0 Å². The van der Waals surface area contributed by atoms with E-state index in [9.17, 15) is 0 Å². The van der Waals surface area contributed by atoms with E-state index in [1.54, 1.807) is 0 Å². The molecule has 1 aromatic rings. The quantitative estimate of drug-likeness (QED) is 0.736. The van der Waals surface area contributed by atoms with E-state index in [0.717, 1.165) is 5.69 Å². The van der Waals surface area contributed by atoms with E-state index >= 15 is 0 Å². The van der Waals surface area contributed by atoms with E-state index < -0.39 is 0 Å². The van der Waals surface area contributed by atoms with E-state index in [-0.39, 0.29) is 0 Å². The van der Waals surface area contributed by atoms with Crippen LogP contribution in [0.1, 0.15) is 30.2 Å². The zero-order valence-corrected chi connectivity index (χ0v) is 8.76. The van der Waals surface area contributed by atoms with E-state index in [1.165, 1.54) is 25.0 Å². The summed E-state index contributed by atoms with van der Waals surface area (Å²) in [6, 6.07) is 1.85. The van der Waals surface area contributed by atoms with Crippen LogP contribution >= 0.6 is 11.8 Å². The zero-order valence-electron chi connectivity index (χ0n) is 7.94. The van der Waals surface area contributed by atoms with Crippen molar-refractivity contribution in [2.75, 3.05) is 17.2 Å². The predicted octanol–water partition coefficient (Wildman–Crippen LogP) is 1.60. The number of thioether (sulfide) groups is 1. The van der Waals surface area contributed by atoms with Gasteiger partial charge in [0.1, 0.15) is 0 Å². The number of hydrogen-bond donors (Lipinski definition) is 2. The van der Waals surface area contributed by atoms with Crippen molar-refractivity contribution in [3.8, 4) is 0 Å². The molecule has 0 bridgehead atoms. The van der Waals surface area contributed by atoms with Crippen molar-refractivity contribution in [2.45, 2.75) is 24.5 Å². The molecule has 1 aliphatic heterocycles. The van der Waals surface area contributed by atoms with Gasteiger partial charge >= 0.3 is 0 Å². The van der Waals surface area contributed by atoms with Gasteiger partial charge in [-0.05, 0) is 24.7 Å². The van der Waals surface area contributed by atoms with Crippen LogP contribution in [0.3, 0.4) is 0 Å². The molecule has 0 amide bonds. The lowest BCUT2D eigenvalue weighted by molar-refractivity contribution is 0.669. The number of rotatable bonds is 1. The van der Waals surface area contributed by atoms with Crippen LogP contribution in [-0.4, -0.2) is 16.0 Å². The Morgan fingerprint density at radius 2 is 2.14 bits per heavy atom. The highest BCUT2D eigenvalue weighted by atomic mass is 32.2. The molecule has 0 spiro atoms. The highest BCUT2D eigenvalue weighted by molar-refractivity contribution is 7.99. The van der Waals surface area contributed by atoms with Gasteiger partial charge in [-0.2, -0.15) is 16.9 Å². The Kier molecular flexibility index (Phi) is 2.77. The van der Waals surface area contributed by atoms with Crippen molar-refractivity contribution in [1.82, 2.24) is 10.2 Å². The van der Waals surface area contributed by atoms with Crippen molar-refractivity contribution in [2.24, 2.45) is 0 Å². The number of anilines is 2. The first-order valence-corrected chi connectivity index (χ1v) is 5.82. The number of nitrogens with zero attached hydrogens (tertiary/aromatic N) is 2. The Morgan fingerprint density at radius 1 is 1.29 bits per heavy atom. The Hall–Kier alpha value is -0.970. The zero-order chi connectivity index (χ0) is 9.97. The molecule has 14 heavy (non-hydrogen) atoms. The average Bonchev–Trinajstić information content (AvgIpc) is 2.23. The van der Waals surface area contributed by atoms with Gasteiger partial charge in [-0.15, -0.1) is 5.10 Å². The molecule has 2 rings (SSSR count). The Balaban J connectivity index is 2.18. The maximum atomic E-state index is 5.69. The van der Waals surface area contributed by atoms with Gasteiger partial charge in [0.15, 0.2) is 5.82 Å². The molecule has 1 atom stereocenters. The molecule has 4 nitrogen and oxygen atoms in total. The third-order valence-electron chi connectivity index (χ3n) is 2.38. The summed E-state index contributed by atoms with van der Waals surface area (Å²) >= 11 is 1.93. The molecule has 4 N–H and O–H groups in total. The lowest BCUT2D eigenvalue weighted by atomic mass is 10.1. The molecule has 2 heterocycles. The molecular weight excluding hydrogens is 196 g/mol. The molecule has 1 saturated heterocycles. The van der Waals surface area contributed by atoms with Crippen LogP contribution in [0.2, 0.25) is 0 Å². The second-order valence-corrected chi connectivity index (χ2v) is 4.78. The lowest BCUT2D eigenvalue weighted by Gasteiger charge is -2.20. The molecule has 0 radical (unpaired) electrons. The summed E-state index contributed by atoms with van der Waals surface area (Å²) in [4.78, 5) is 0. The summed E-state index contributed by atoms with van der Waals surface area (Å²) in [6.07, 6.45) is 3.74. The first kappa shape index (κ1) is 9.58. The highest BCUT2D eigenvalue weighted by Crippen LogP contribution is 2.37. The Bertz CT molecular complexity index is 323. The minimum absolute atomic E-state index is 0.328. The topological polar surface area (TPSA) is 77.8 Å². The first-order chi connectivity index (χ1) is 6.77. The van der Waals surface area contributed by atoms with E-state index in [2.05, 4.69) is 10.2 Å². The van der Waals surface area contributed by atoms with Gasteiger partial charge in [0.25, 0.3) is 0 Å². The molecule has 1 aromatic heterocycles. The molecule has 1 aliphatic rings. The smallest absolute Gasteiger partial charge is 0.169 e. The highest BCUT2D eigenvalue weighted by Gasteiger charge is 2.18. The Morgan fingerprint density at radius 3 is 2.79 bits per heavy atom. The standard InChI is InChI=1S/C9H14N4S/c10-6-5-7(12-13-9(6)11)8-3-1-2-4-14-8/h5,8H,1-4H2,(H2,10,12)(H2,11,13). The molecule has 0 saturated carbocycles. The van der Waals surface area contributed by atoms with Crippen molar-refractivity contribution in [3.05, 3.63) is 11.8 Å². The van der Waals surface area contributed by atoms with Crippen LogP contribution in [0.4, 0.5) is 11.5 Å². The number of hydrogen-bond acceptors (Lipinski definition) is 5. The third kappa shape index (κ3) is 1.92. The summed E-state index contributed by atoms with van der Waals surface area (Å²) in [7, 11) is 0. The molecule has 1 fully saturated rings. The Labute approximate surface area is 87.5 Å². The predicted molar refractivity (Wildman–Crippen MR) is 59.9 cm³/mol.